The van der Waals surface area contributed by atoms with E-state index in [1.165, 1.54) is 0 Å². The second kappa shape index (κ2) is 5.61. The minimum absolute atomic E-state index is 0.0214. The normalized spacial score (nSPS) is 12.7. The van der Waals surface area contributed by atoms with Gasteiger partial charge in [0.15, 0.2) is 6.29 Å². The summed E-state index contributed by atoms with van der Waals surface area (Å²) in [5.74, 6) is 0.950. The fourth-order valence-corrected chi connectivity index (χ4v) is 1.48. The van der Waals surface area contributed by atoms with Gasteiger partial charge in [-0.15, -0.1) is 0 Å². The van der Waals surface area contributed by atoms with E-state index in [0.717, 1.165) is 17.1 Å². The summed E-state index contributed by atoms with van der Waals surface area (Å²) in [5, 5.41) is 0. The number of carbonyl (C=O) groups excluding carboxylic acids is 1. The molecular formula is C12H18N2O3. The fourth-order valence-electron chi connectivity index (χ4n) is 1.48. The first-order valence-electron chi connectivity index (χ1n) is 5.75. The van der Waals surface area contributed by atoms with Gasteiger partial charge in [-0.1, -0.05) is 20.8 Å². The van der Waals surface area contributed by atoms with Gasteiger partial charge in [0.05, 0.1) is 5.69 Å². The van der Waals surface area contributed by atoms with Gasteiger partial charge in [-0.25, -0.2) is 4.79 Å². The zero-order valence-corrected chi connectivity index (χ0v) is 10.4. The maximum absolute atomic E-state index is 11.6. The van der Waals surface area contributed by atoms with Gasteiger partial charge in [-0.2, -0.15) is 0 Å². The molecule has 1 aromatic rings. The van der Waals surface area contributed by atoms with Crippen molar-refractivity contribution in [3.63, 3.8) is 0 Å². The van der Waals surface area contributed by atoms with Crippen LogP contribution in [-0.4, -0.2) is 15.8 Å². The lowest BCUT2D eigenvalue weighted by molar-refractivity contribution is 0.111. The van der Waals surface area contributed by atoms with Crippen molar-refractivity contribution in [3.8, 4) is 0 Å². The van der Waals surface area contributed by atoms with Crippen molar-refractivity contribution in [3.05, 3.63) is 32.6 Å². The third-order valence-corrected chi connectivity index (χ3v) is 3.11. The molecule has 5 nitrogen and oxygen atoms in total. The summed E-state index contributed by atoms with van der Waals surface area (Å²) in [7, 11) is 0. The molecule has 0 bridgehead atoms. The van der Waals surface area contributed by atoms with Crippen LogP contribution < -0.4 is 11.2 Å². The molecular weight excluding hydrogens is 220 g/mol. The van der Waals surface area contributed by atoms with Gasteiger partial charge in [0.25, 0.3) is 5.56 Å². The number of carbonyl (C=O) groups is 1. The van der Waals surface area contributed by atoms with Crippen LogP contribution in [0.4, 0.5) is 0 Å². The Morgan fingerprint density at radius 1 is 1.35 bits per heavy atom. The lowest BCUT2D eigenvalue weighted by atomic mass is 9.95. The molecule has 0 spiro atoms. The summed E-state index contributed by atoms with van der Waals surface area (Å²) in [6.45, 7) is 6.68. The number of H-pyrrole nitrogens is 1. The summed E-state index contributed by atoms with van der Waals surface area (Å²) in [6.07, 6.45) is 1.23. The molecule has 0 fully saturated rings. The highest BCUT2D eigenvalue weighted by atomic mass is 16.2. The van der Waals surface area contributed by atoms with Crippen molar-refractivity contribution in [2.45, 2.75) is 33.7 Å². The number of aromatic amines is 1. The quantitative estimate of drug-likeness (QED) is 0.779. The first-order valence-corrected chi connectivity index (χ1v) is 5.75. The Hall–Kier alpha value is -1.65. The number of nitrogens with zero attached hydrogens (tertiary/aromatic N) is 1. The molecule has 94 valence electrons. The number of hydrogen-bond acceptors (Lipinski definition) is 3. The third-order valence-electron chi connectivity index (χ3n) is 3.11. The van der Waals surface area contributed by atoms with Crippen LogP contribution in [0.5, 0.6) is 0 Å². The number of hydrogen-bond donors (Lipinski definition) is 1. The molecule has 5 heteroatoms. The van der Waals surface area contributed by atoms with Crippen molar-refractivity contribution >= 4 is 6.29 Å². The molecule has 0 aliphatic carbocycles. The van der Waals surface area contributed by atoms with Gasteiger partial charge >= 0.3 is 5.69 Å². The maximum Gasteiger partial charge on any atom is 0.328 e. The molecule has 0 saturated carbocycles. The highest BCUT2D eigenvalue weighted by Crippen LogP contribution is 2.13. The second-order valence-corrected chi connectivity index (χ2v) is 4.65. The summed E-state index contributed by atoms with van der Waals surface area (Å²) in [4.78, 5) is 36.0. The van der Waals surface area contributed by atoms with E-state index >= 15 is 0 Å². The number of aldehydes is 1. The Kier molecular flexibility index (Phi) is 4.43. The van der Waals surface area contributed by atoms with Crippen molar-refractivity contribution in [2.75, 3.05) is 0 Å². The second-order valence-electron chi connectivity index (χ2n) is 4.65. The van der Waals surface area contributed by atoms with Crippen LogP contribution in [0.2, 0.25) is 0 Å². The van der Waals surface area contributed by atoms with E-state index in [-0.39, 0.29) is 5.69 Å². The monoisotopic (exact) mass is 238 g/mol. The molecule has 0 radical (unpaired) electrons. The van der Waals surface area contributed by atoms with Crippen LogP contribution in [-0.2, 0) is 6.54 Å². The largest absolute Gasteiger partial charge is 0.328 e. The SMILES string of the molecule is CC(C)C(C)CCn1c(=O)cc(C=O)[nH]c1=O. The first-order chi connectivity index (χ1) is 7.95. The molecule has 1 N–H and O–H groups in total. The Morgan fingerprint density at radius 2 is 2.00 bits per heavy atom. The standard InChI is InChI=1S/C12H18N2O3/c1-8(2)9(3)4-5-14-11(16)6-10(7-15)13-12(14)17/h6-9H,4-5H2,1-3H3,(H,13,17). The van der Waals surface area contributed by atoms with Crippen molar-refractivity contribution < 1.29 is 4.79 Å². The highest BCUT2D eigenvalue weighted by molar-refractivity contribution is 5.70. The Morgan fingerprint density at radius 3 is 2.47 bits per heavy atom. The van der Waals surface area contributed by atoms with E-state index in [9.17, 15) is 14.4 Å². The smallest absolute Gasteiger partial charge is 0.304 e. The molecule has 0 aliphatic heterocycles. The maximum atomic E-state index is 11.6. The molecule has 0 aliphatic rings. The van der Waals surface area contributed by atoms with Crippen molar-refractivity contribution in [2.24, 2.45) is 11.8 Å². The summed E-state index contributed by atoms with van der Waals surface area (Å²) in [5.41, 5.74) is -0.921. The Balaban J connectivity index is 2.90. The lowest BCUT2D eigenvalue weighted by Crippen LogP contribution is -2.36. The van der Waals surface area contributed by atoms with Crippen LogP contribution in [0.25, 0.3) is 0 Å². The molecule has 0 aromatic carbocycles. The lowest BCUT2D eigenvalue weighted by Gasteiger charge is -2.15. The van der Waals surface area contributed by atoms with Crippen LogP contribution in [0, 0.1) is 11.8 Å². The number of aromatic nitrogens is 2. The van der Waals surface area contributed by atoms with E-state index in [2.05, 4.69) is 25.8 Å². The minimum atomic E-state index is -0.518. The molecule has 1 heterocycles. The van der Waals surface area contributed by atoms with E-state index in [0.29, 0.717) is 24.7 Å². The van der Waals surface area contributed by atoms with Crippen LogP contribution in [0.15, 0.2) is 15.7 Å². The number of rotatable bonds is 5. The molecule has 1 atom stereocenters. The molecule has 1 aromatic heterocycles. The fraction of sp³-hybridized carbons (Fsp3) is 0.583. The van der Waals surface area contributed by atoms with E-state index in [4.69, 9.17) is 0 Å². The third kappa shape index (κ3) is 3.41. The zero-order valence-electron chi connectivity index (χ0n) is 10.4. The van der Waals surface area contributed by atoms with Crippen LogP contribution in [0.1, 0.15) is 37.7 Å². The molecule has 0 amide bonds. The molecule has 0 saturated heterocycles. The predicted octanol–water partition coefficient (Wildman–Crippen LogP) is 1.03. The van der Waals surface area contributed by atoms with Crippen LogP contribution in [0.3, 0.4) is 0 Å². The van der Waals surface area contributed by atoms with Gasteiger partial charge in [-0.3, -0.25) is 14.2 Å². The van der Waals surface area contributed by atoms with Gasteiger partial charge in [0.2, 0.25) is 0 Å². The number of nitrogens with one attached hydrogen (secondary N) is 1. The molecule has 1 rings (SSSR count). The molecule has 1 unspecified atom stereocenters. The topological polar surface area (TPSA) is 71.9 Å². The predicted molar refractivity (Wildman–Crippen MR) is 65.3 cm³/mol. The van der Waals surface area contributed by atoms with E-state index < -0.39 is 11.2 Å². The van der Waals surface area contributed by atoms with Gasteiger partial charge in [-0.05, 0) is 18.3 Å². The van der Waals surface area contributed by atoms with Crippen LogP contribution >= 0.6 is 0 Å². The average Bonchev–Trinajstić information content (AvgIpc) is 2.27. The highest BCUT2D eigenvalue weighted by Gasteiger charge is 2.09. The van der Waals surface area contributed by atoms with Gasteiger partial charge in [0, 0.05) is 12.6 Å². The Labute approximate surface area is 99.5 Å². The minimum Gasteiger partial charge on any atom is -0.304 e. The molecule has 17 heavy (non-hydrogen) atoms. The van der Waals surface area contributed by atoms with Gasteiger partial charge in [0.1, 0.15) is 0 Å². The summed E-state index contributed by atoms with van der Waals surface area (Å²) in [6, 6.07) is 1.15. The summed E-state index contributed by atoms with van der Waals surface area (Å²) >= 11 is 0. The van der Waals surface area contributed by atoms with E-state index in [1.807, 2.05) is 0 Å². The zero-order chi connectivity index (χ0) is 13.0. The summed E-state index contributed by atoms with van der Waals surface area (Å²) < 4.78 is 1.13. The van der Waals surface area contributed by atoms with Crippen molar-refractivity contribution in [1.29, 1.82) is 0 Å². The average molecular weight is 238 g/mol. The first kappa shape index (κ1) is 13.4. The van der Waals surface area contributed by atoms with E-state index in [1.54, 1.807) is 0 Å². The van der Waals surface area contributed by atoms with Gasteiger partial charge < -0.3 is 4.98 Å². The van der Waals surface area contributed by atoms with Crippen molar-refractivity contribution in [1.82, 2.24) is 9.55 Å². The Bertz CT molecular complexity index is 468.